The average molecular weight is 406 g/mol. The SMILES string of the molecule is CC(=O)c1ccc(OC(=O)C2CCN(S(=O)(=O)c3c(C)noc3C)CC2)cc1. The van der Waals surface area contributed by atoms with Gasteiger partial charge in [0, 0.05) is 18.7 Å². The number of hydrogen-bond acceptors (Lipinski definition) is 7. The van der Waals surface area contributed by atoms with Crippen molar-refractivity contribution in [2.45, 2.75) is 38.5 Å². The van der Waals surface area contributed by atoms with Gasteiger partial charge in [-0.15, -0.1) is 0 Å². The first kappa shape index (κ1) is 20.2. The fraction of sp³-hybridized carbons (Fsp3) is 0.421. The summed E-state index contributed by atoms with van der Waals surface area (Å²) in [4.78, 5) is 23.8. The molecule has 1 saturated heterocycles. The third-order valence-electron chi connectivity index (χ3n) is 4.83. The van der Waals surface area contributed by atoms with E-state index in [0.717, 1.165) is 0 Å². The lowest BCUT2D eigenvalue weighted by Crippen LogP contribution is -2.41. The van der Waals surface area contributed by atoms with E-state index in [1.165, 1.54) is 11.2 Å². The Bertz CT molecular complexity index is 966. The van der Waals surface area contributed by atoms with Gasteiger partial charge in [0.05, 0.1) is 5.92 Å². The van der Waals surface area contributed by atoms with Crippen molar-refractivity contribution in [2.24, 2.45) is 5.92 Å². The van der Waals surface area contributed by atoms with E-state index in [-0.39, 0.29) is 35.4 Å². The van der Waals surface area contributed by atoms with Crippen molar-refractivity contribution in [3.05, 3.63) is 41.3 Å². The minimum Gasteiger partial charge on any atom is -0.426 e. The smallest absolute Gasteiger partial charge is 0.314 e. The molecule has 0 spiro atoms. The summed E-state index contributed by atoms with van der Waals surface area (Å²) in [6.07, 6.45) is 0.736. The molecule has 1 fully saturated rings. The number of piperidine rings is 1. The van der Waals surface area contributed by atoms with Crippen LogP contribution in [0.15, 0.2) is 33.7 Å². The van der Waals surface area contributed by atoms with Gasteiger partial charge in [0.25, 0.3) is 0 Å². The molecular weight excluding hydrogens is 384 g/mol. The number of ether oxygens (including phenoxy) is 1. The summed E-state index contributed by atoms with van der Waals surface area (Å²) in [5.41, 5.74) is 0.866. The molecule has 0 bridgehead atoms. The second-order valence-corrected chi connectivity index (χ2v) is 8.71. The van der Waals surface area contributed by atoms with Crippen LogP contribution in [0.2, 0.25) is 0 Å². The van der Waals surface area contributed by atoms with Gasteiger partial charge >= 0.3 is 5.97 Å². The Morgan fingerprint density at radius 1 is 1.14 bits per heavy atom. The summed E-state index contributed by atoms with van der Waals surface area (Å²) in [6.45, 7) is 5.05. The number of aromatic nitrogens is 1. The first-order valence-corrected chi connectivity index (χ1v) is 10.4. The van der Waals surface area contributed by atoms with Crippen molar-refractivity contribution < 1.29 is 27.3 Å². The maximum absolute atomic E-state index is 12.8. The summed E-state index contributed by atoms with van der Waals surface area (Å²) >= 11 is 0. The summed E-state index contributed by atoms with van der Waals surface area (Å²) in [5, 5.41) is 3.71. The van der Waals surface area contributed by atoms with Gasteiger partial charge < -0.3 is 9.26 Å². The van der Waals surface area contributed by atoms with E-state index in [0.29, 0.717) is 29.8 Å². The Morgan fingerprint density at radius 3 is 2.25 bits per heavy atom. The lowest BCUT2D eigenvalue weighted by Gasteiger charge is -2.29. The normalized spacial score (nSPS) is 16.1. The van der Waals surface area contributed by atoms with E-state index in [1.54, 1.807) is 38.1 Å². The lowest BCUT2D eigenvalue weighted by molar-refractivity contribution is -0.140. The van der Waals surface area contributed by atoms with Crippen LogP contribution in [0.3, 0.4) is 0 Å². The number of Topliss-reactive ketones (excluding diaryl/α,β-unsaturated/α-hetero) is 1. The number of benzene rings is 1. The highest BCUT2D eigenvalue weighted by molar-refractivity contribution is 7.89. The molecule has 1 aromatic carbocycles. The zero-order chi connectivity index (χ0) is 20.5. The van der Waals surface area contributed by atoms with Gasteiger partial charge in [0.15, 0.2) is 11.5 Å². The highest BCUT2D eigenvalue weighted by Gasteiger charge is 2.36. The number of sulfonamides is 1. The second kappa shape index (κ2) is 7.84. The van der Waals surface area contributed by atoms with Gasteiger partial charge in [0.1, 0.15) is 16.3 Å². The van der Waals surface area contributed by atoms with E-state index in [4.69, 9.17) is 9.26 Å². The predicted octanol–water partition coefficient (Wildman–Crippen LogP) is 2.50. The molecule has 1 aliphatic heterocycles. The Balaban J connectivity index is 1.62. The quantitative estimate of drug-likeness (QED) is 0.426. The molecule has 0 amide bonds. The fourth-order valence-corrected chi connectivity index (χ4v) is 5.02. The van der Waals surface area contributed by atoms with E-state index < -0.39 is 16.0 Å². The summed E-state index contributed by atoms with van der Waals surface area (Å²) < 4.78 is 37.4. The van der Waals surface area contributed by atoms with Crippen LogP contribution < -0.4 is 4.74 Å². The molecule has 3 rings (SSSR count). The van der Waals surface area contributed by atoms with Gasteiger partial charge in [-0.3, -0.25) is 9.59 Å². The summed E-state index contributed by atoms with van der Waals surface area (Å²) in [6, 6.07) is 6.35. The molecule has 28 heavy (non-hydrogen) atoms. The number of nitrogens with zero attached hydrogens (tertiary/aromatic N) is 2. The van der Waals surface area contributed by atoms with Crippen LogP contribution in [0.5, 0.6) is 5.75 Å². The number of aryl methyl sites for hydroxylation is 2. The molecule has 2 heterocycles. The predicted molar refractivity (Wildman–Crippen MR) is 99.5 cm³/mol. The van der Waals surface area contributed by atoms with Crippen LogP contribution in [0.25, 0.3) is 0 Å². The molecule has 0 saturated carbocycles. The van der Waals surface area contributed by atoms with Crippen LogP contribution in [-0.4, -0.2) is 42.7 Å². The monoisotopic (exact) mass is 406 g/mol. The van der Waals surface area contributed by atoms with Crippen molar-refractivity contribution in [1.29, 1.82) is 0 Å². The second-order valence-electron chi connectivity index (χ2n) is 6.83. The lowest BCUT2D eigenvalue weighted by atomic mass is 9.98. The minimum atomic E-state index is -3.71. The molecule has 150 valence electrons. The third-order valence-corrected chi connectivity index (χ3v) is 6.98. The molecule has 8 nitrogen and oxygen atoms in total. The summed E-state index contributed by atoms with van der Waals surface area (Å²) in [5.74, 6) is -0.230. The number of ketones is 1. The van der Waals surface area contributed by atoms with Crippen LogP contribution >= 0.6 is 0 Å². The molecule has 0 radical (unpaired) electrons. The fourth-order valence-electron chi connectivity index (χ4n) is 3.26. The van der Waals surface area contributed by atoms with E-state index in [1.807, 2.05) is 0 Å². The van der Waals surface area contributed by atoms with Crippen LogP contribution in [-0.2, 0) is 14.8 Å². The van der Waals surface area contributed by atoms with Crippen LogP contribution in [0, 0.1) is 19.8 Å². The Morgan fingerprint density at radius 2 is 1.75 bits per heavy atom. The number of carbonyl (C=O) groups is 2. The Kier molecular flexibility index (Phi) is 5.66. The van der Waals surface area contributed by atoms with Gasteiger partial charge in [0.2, 0.25) is 10.0 Å². The third kappa shape index (κ3) is 4.00. The Hall–Kier alpha value is -2.52. The molecular formula is C19H22N2O6S. The highest BCUT2D eigenvalue weighted by Crippen LogP contribution is 2.28. The van der Waals surface area contributed by atoms with E-state index in [2.05, 4.69) is 5.16 Å². The maximum Gasteiger partial charge on any atom is 0.314 e. The first-order valence-electron chi connectivity index (χ1n) is 8.96. The first-order chi connectivity index (χ1) is 13.2. The van der Waals surface area contributed by atoms with Gasteiger partial charge in [-0.1, -0.05) is 5.16 Å². The van der Waals surface area contributed by atoms with Gasteiger partial charge in [-0.05, 0) is 57.9 Å². The van der Waals surface area contributed by atoms with Crippen molar-refractivity contribution >= 4 is 21.8 Å². The largest absolute Gasteiger partial charge is 0.426 e. The maximum atomic E-state index is 12.8. The topological polar surface area (TPSA) is 107 Å². The zero-order valence-corrected chi connectivity index (χ0v) is 16.8. The molecule has 2 aromatic rings. The number of rotatable bonds is 5. The molecule has 1 aliphatic rings. The van der Waals surface area contributed by atoms with Gasteiger partial charge in [-0.25, -0.2) is 8.42 Å². The number of hydrogen-bond donors (Lipinski definition) is 0. The van der Waals surface area contributed by atoms with Crippen molar-refractivity contribution in [3.63, 3.8) is 0 Å². The minimum absolute atomic E-state index is 0.0650. The molecule has 9 heteroatoms. The van der Waals surface area contributed by atoms with E-state index >= 15 is 0 Å². The molecule has 0 unspecified atom stereocenters. The number of carbonyl (C=O) groups excluding carboxylic acids is 2. The number of esters is 1. The average Bonchev–Trinajstić information content (AvgIpc) is 3.01. The van der Waals surface area contributed by atoms with Crippen molar-refractivity contribution in [3.8, 4) is 5.75 Å². The summed E-state index contributed by atoms with van der Waals surface area (Å²) in [7, 11) is -3.71. The van der Waals surface area contributed by atoms with Crippen molar-refractivity contribution in [2.75, 3.05) is 13.1 Å². The molecule has 0 atom stereocenters. The highest BCUT2D eigenvalue weighted by atomic mass is 32.2. The van der Waals surface area contributed by atoms with Crippen LogP contribution in [0.1, 0.15) is 41.6 Å². The zero-order valence-electron chi connectivity index (χ0n) is 16.0. The molecule has 0 aliphatic carbocycles. The standard InChI is InChI=1S/C19H22N2O6S/c1-12-18(14(3)27-20-12)28(24,25)21-10-8-16(9-11-21)19(23)26-17-6-4-15(5-7-17)13(2)22/h4-7,16H,8-11H2,1-3H3. The van der Waals surface area contributed by atoms with Gasteiger partial charge in [-0.2, -0.15) is 4.31 Å². The Labute approximate surface area is 163 Å². The molecule has 0 N–H and O–H groups in total. The molecule has 1 aromatic heterocycles. The van der Waals surface area contributed by atoms with E-state index in [9.17, 15) is 18.0 Å². The van der Waals surface area contributed by atoms with Crippen LogP contribution in [0.4, 0.5) is 0 Å². The van der Waals surface area contributed by atoms with Crippen molar-refractivity contribution in [1.82, 2.24) is 9.46 Å².